The van der Waals surface area contributed by atoms with Gasteiger partial charge in [-0.3, -0.25) is 9.69 Å². The van der Waals surface area contributed by atoms with Crippen LogP contribution in [-0.2, 0) is 9.59 Å². The minimum atomic E-state index is -1.33. The molecule has 1 saturated heterocycles. The van der Waals surface area contributed by atoms with Crippen LogP contribution in [0.2, 0.25) is 0 Å². The smallest absolute Gasteiger partial charge is 0.266 e. The van der Waals surface area contributed by atoms with Crippen LogP contribution < -0.4 is 9.84 Å². The minimum absolute atomic E-state index is 0.221. The topological polar surface area (TPSA) is 69.7 Å². The Bertz CT molecular complexity index is 639. The zero-order valence-electron chi connectivity index (χ0n) is 12.1. The molecule has 0 N–H and O–H groups in total. The standard InChI is InChI=1S/C15H15NO4S2/c1-3-20-11-6-4-10(5-7-11)8-12-13(17)16(15(21)22-12)9(2)14(18)19/h4-9H,3H2,1-2H3,(H,18,19)/p-1. The lowest BCUT2D eigenvalue weighted by Crippen LogP contribution is -2.48. The van der Waals surface area contributed by atoms with Crippen molar-refractivity contribution in [3.63, 3.8) is 0 Å². The van der Waals surface area contributed by atoms with Crippen molar-refractivity contribution in [2.24, 2.45) is 0 Å². The third-order valence-corrected chi connectivity index (χ3v) is 4.37. The lowest BCUT2D eigenvalue weighted by molar-refractivity contribution is -0.309. The van der Waals surface area contributed by atoms with Gasteiger partial charge in [0.2, 0.25) is 0 Å². The molecule has 0 saturated carbocycles. The third kappa shape index (κ3) is 3.48. The molecule has 1 aromatic rings. The van der Waals surface area contributed by atoms with Crippen molar-refractivity contribution in [3.05, 3.63) is 34.7 Å². The van der Waals surface area contributed by atoms with E-state index in [1.807, 2.05) is 19.1 Å². The van der Waals surface area contributed by atoms with Crippen molar-refractivity contribution in [2.75, 3.05) is 6.61 Å². The first-order valence-electron chi connectivity index (χ1n) is 6.64. The molecular formula is C15H14NO4S2-. The number of benzene rings is 1. The number of thioether (sulfide) groups is 1. The summed E-state index contributed by atoms with van der Waals surface area (Å²) in [6.45, 7) is 3.86. The normalized spacial score (nSPS) is 17.9. The molecule has 1 unspecified atom stereocenters. The number of aliphatic carboxylic acids is 1. The SMILES string of the molecule is CCOc1ccc(C=C2SC(=S)N(C(C)C(=O)[O-])C2=O)cc1. The summed E-state index contributed by atoms with van der Waals surface area (Å²) in [5, 5.41) is 10.9. The summed E-state index contributed by atoms with van der Waals surface area (Å²) in [4.78, 5) is 24.7. The number of carbonyl (C=O) groups excluding carboxylic acids is 2. The molecule has 0 bridgehead atoms. The van der Waals surface area contributed by atoms with Crippen molar-refractivity contribution >= 4 is 46.3 Å². The van der Waals surface area contributed by atoms with Gasteiger partial charge in [-0.2, -0.15) is 0 Å². The monoisotopic (exact) mass is 336 g/mol. The molecule has 116 valence electrons. The first kappa shape index (κ1) is 16.5. The van der Waals surface area contributed by atoms with E-state index in [-0.39, 0.29) is 4.32 Å². The Morgan fingerprint density at radius 2 is 2.09 bits per heavy atom. The predicted octanol–water partition coefficient (Wildman–Crippen LogP) is 1.42. The summed E-state index contributed by atoms with van der Waals surface area (Å²) in [6, 6.07) is 6.16. The van der Waals surface area contributed by atoms with Gasteiger partial charge >= 0.3 is 0 Å². The van der Waals surface area contributed by atoms with E-state index >= 15 is 0 Å². The van der Waals surface area contributed by atoms with Gasteiger partial charge in [-0.15, -0.1) is 0 Å². The number of hydrogen-bond donors (Lipinski definition) is 0. The molecule has 1 aromatic carbocycles. The number of ether oxygens (including phenoxy) is 1. The molecule has 1 aliphatic rings. The van der Waals surface area contributed by atoms with E-state index in [2.05, 4.69) is 0 Å². The van der Waals surface area contributed by atoms with E-state index < -0.39 is 17.9 Å². The summed E-state index contributed by atoms with van der Waals surface area (Å²) in [7, 11) is 0. The van der Waals surface area contributed by atoms with Crippen molar-refractivity contribution in [2.45, 2.75) is 19.9 Å². The third-order valence-electron chi connectivity index (χ3n) is 3.04. The second-order valence-electron chi connectivity index (χ2n) is 4.55. The van der Waals surface area contributed by atoms with Gasteiger partial charge in [-0.1, -0.05) is 36.1 Å². The van der Waals surface area contributed by atoms with Crippen LogP contribution >= 0.6 is 24.0 Å². The van der Waals surface area contributed by atoms with Crippen molar-refractivity contribution in [1.29, 1.82) is 0 Å². The average Bonchev–Trinajstić information content (AvgIpc) is 2.75. The second kappa shape index (κ2) is 6.93. The summed E-state index contributed by atoms with van der Waals surface area (Å²) in [5.74, 6) is -1.00. The number of carboxylic acid groups (broad SMARTS) is 1. The minimum Gasteiger partial charge on any atom is -0.548 e. The van der Waals surface area contributed by atoms with Crippen LogP contribution in [0.3, 0.4) is 0 Å². The lowest BCUT2D eigenvalue weighted by Gasteiger charge is -2.23. The molecule has 0 spiro atoms. The molecule has 1 heterocycles. The number of thiocarbonyl (C=S) groups is 1. The van der Waals surface area contributed by atoms with Gasteiger partial charge in [0.05, 0.1) is 23.5 Å². The zero-order valence-corrected chi connectivity index (χ0v) is 13.7. The van der Waals surface area contributed by atoms with Crippen LogP contribution in [0.25, 0.3) is 6.08 Å². The van der Waals surface area contributed by atoms with Crippen molar-refractivity contribution in [1.82, 2.24) is 4.90 Å². The molecule has 1 fully saturated rings. The molecule has 1 atom stereocenters. The Hall–Kier alpha value is -1.86. The highest BCUT2D eigenvalue weighted by Crippen LogP contribution is 2.34. The number of hydrogen-bond acceptors (Lipinski definition) is 6. The largest absolute Gasteiger partial charge is 0.548 e. The van der Waals surface area contributed by atoms with Crippen LogP contribution in [0.5, 0.6) is 5.75 Å². The Balaban J connectivity index is 2.21. The highest BCUT2D eigenvalue weighted by atomic mass is 32.2. The van der Waals surface area contributed by atoms with E-state index in [0.717, 1.165) is 28.0 Å². The van der Waals surface area contributed by atoms with Gasteiger partial charge in [-0.05, 0) is 37.6 Å². The summed E-state index contributed by atoms with van der Waals surface area (Å²) >= 11 is 6.16. The molecule has 5 nitrogen and oxygen atoms in total. The van der Waals surface area contributed by atoms with Crippen LogP contribution in [0.1, 0.15) is 19.4 Å². The number of amides is 1. The van der Waals surface area contributed by atoms with Crippen LogP contribution in [0.15, 0.2) is 29.2 Å². The Labute approximate surface area is 137 Å². The number of carboxylic acids is 1. The van der Waals surface area contributed by atoms with Gasteiger partial charge in [0.25, 0.3) is 5.91 Å². The summed E-state index contributed by atoms with van der Waals surface area (Å²) < 4.78 is 5.57. The highest BCUT2D eigenvalue weighted by Gasteiger charge is 2.35. The molecule has 7 heteroatoms. The fraction of sp³-hybridized carbons (Fsp3) is 0.267. The second-order valence-corrected chi connectivity index (χ2v) is 6.22. The quantitative estimate of drug-likeness (QED) is 0.598. The summed E-state index contributed by atoms with van der Waals surface area (Å²) in [5.41, 5.74) is 0.810. The Morgan fingerprint density at radius 3 is 2.64 bits per heavy atom. The van der Waals surface area contributed by atoms with Gasteiger partial charge in [0.1, 0.15) is 10.1 Å². The van der Waals surface area contributed by atoms with E-state index in [1.165, 1.54) is 6.92 Å². The fourth-order valence-electron chi connectivity index (χ4n) is 1.90. The van der Waals surface area contributed by atoms with E-state index in [9.17, 15) is 14.7 Å². The number of carbonyl (C=O) groups is 2. The first-order chi connectivity index (χ1) is 10.4. The summed E-state index contributed by atoms with van der Waals surface area (Å²) in [6.07, 6.45) is 1.68. The molecule has 2 rings (SSSR count). The zero-order chi connectivity index (χ0) is 16.3. The van der Waals surface area contributed by atoms with E-state index in [1.54, 1.807) is 18.2 Å². The van der Waals surface area contributed by atoms with Gasteiger partial charge in [0.15, 0.2) is 0 Å². The number of rotatable bonds is 5. The maximum absolute atomic E-state index is 12.3. The first-order valence-corrected chi connectivity index (χ1v) is 7.87. The Kier molecular flexibility index (Phi) is 5.20. The van der Waals surface area contributed by atoms with Crippen LogP contribution in [-0.4, -0.2) is 33.7 Å². The molecule has 1 amide bonds. The van der Waals surface area contributed by atoms with Crippen LogP contribution in [0.4, 0.5) is 0 Å². The number of nitrogens with zero attached hydrogens (tertiary/aromatic N) is 1. The highest BCUT2D eigenvalue weighted by molar-refractivity contribution is 8.26. The lowest BCUT2D eigenvalue weighted by atomic mass is 10.2. The Morgan fingerprint density at radius 1 is 1.45 bits per heavy atom. The molecule has 22 heavy (non-hydrogen) atoms. The average molecular weight is 336 g/mol. The van der Waals surface area contributed by atoms with E-state index in [4.69, 9.17) is 17.0 Å². The van der Waals surface area contributed by atoms with Crippen LogP contribution in [0, 0.1) is 0 Å². The maximum atomic E-state index is 12.3. The molecule has 0 aliphatic carbocycles. The molecule has 0 radical (unpaired) electrons. The molecule has 1 aliphatic heterocycles. The molecular weight excluding hydrogens is 322 g/mol. The molecule has 0 aromatic heterocycles. The van der Waals surface area contributed by atoms with Gasteiger partial charge < -0.3 is 14.6 Å². The predicted molar refractivity (Wildman–Crippen MR) is 87.1 cm³/mol. The van der Waals surface area contributed by atoms with E-state index in [0.29, 0.717) is 11.5 Å². The fourth-order valence-corrected chi connectivity index (χ4v) is 3.32. The van der Waals surface area contributed by atoms with Crippen molar-refractivity contribution < 1.29 is 19.4 Å². The van der Waals surface area contributed by atoms with Crippen molar-refractivity contribution in [3.8, 4) is 5.75 Å². The maximum Gasteiger partial charge on any atom is 0.266 e. The van der Waals surface area contributed by atoms with Gasteiger partial charge in [0, 0.05) is 0 Å². The van der Waals surface area contributed by atoms with Gasteiger partial charge in [-0.25, -0.2) is 0 Å².